The number of nitrogens with two attached hydrogens (primary N) is 3. The standard InChI is InChI=1S/C45H55N7O6/c1-28(47)41(54)24-32(21-34-26-50-39-17-8-6-15-37(34)39)44(57)51-27-35(53)22-31(20-33-25-49-38-16-7-5-14-36(33)38)45(58)52-40(19-29-11-3-2-4-12-29)42(55)23-30(43(48)56)13-9-10-18-46/h2-8,11-12,14-17,25-26,28,30-32,40,49-50H,9-10,13,18-24,27,46-47H2,1H3,(H2,48,56)(H,51,57)(H,52,58)/t28-,30+,31+,32-,40+/m0/s1. The van der Waals surface area contributed by atoms with E-state index in [0.717, 1.165) is 38.5 Å². The van der Waals surface area contributed by atoms with Crippen LogP contribution in [0.4, 0.5) is 0 Å². The van der Waals surface area contributed by atoms with Gasteiger partial charge in [-0.15, -0.1) is 0 Å². The summed E-state index contributed by atoms with van der Waals surface area (Å²) in [6.45, 7) is 1.65. The van der Waals surface area contributed by atoms with E-state index < -0.39 is 53.3 Å². The van der Waals surface area contributed by atoms with Crippen molar-refractivity contribution in [2.24, 2.45) is 35.0 Å². The van der Waals surface area contributed by atoms with E-state index in [1.807, 2.05) is 85.1 Å². The van der Waals surface area contributed by atoms with Crippen LogP contribution in [0.25, 0.3) is 21.8 Å². The number of Topliss-reactive ketones (excluding diaryl/α,β-unsaturated/α-hetero) is 3. The van der Waals surface area contributed by atoms with Crippen molar-refractivity contribution in [3.63, 3.8) is 0 Å². The molecule has 0 aliphatic carbocycles. The topological polar surface area (TPSA) is 236 Å². The van der Waals surface area contributed by atoms with Crippen molar-refractivity contribution >= 4 is 56.9 Å². The van der Waals surface area contributed by atoms with Crippen molar-refractivity contribution in [1.29, 1.82) is 0 Å². The zero-order chi connectivity index (χ0) is 41.6. The number of aromatic amines is 2. The van der Waals surface area contributed by atoms with Crippen LogP contribution >= 0.6 is 0 Å². The van der Waals surface area contributed by atoms with E-state index >= 15 is 0 Å². The van der Waals surface area contributed by atoms with Crippen molar-refractivity contribution in [2.75, 3.05) is 13.1 Å². The molecule has 0 spiro atoms. The van der Waals surface area contributed by atoms with Gasteiger partial charge in [0.05, 0.1) is 18.6 Å². The van der Waals surface area contributed by atoms with Crippen molar-refractivity contribution in [2.45, 2.75) is 76.8 Å². The molecule has 0 aliphatic rings. The van der Waals surface area contributed by atoms with Gasteiger partial charge in [0.2, 0.25) is 17.7 Å². The number of amides is 3. The summed E-state index contributed by atoms with van der Waals surface area (Å²) in [7, 11) is 0. The van der Waals surface area contributed by atoms with Crippen LogP contribution in [0, 0.1) is 17.8 Å². The Morgan fingerprint density at radius 3 is 1.78 bits per heavy atom. The largest absolute Gasteiger partial charge is 0.369 e. The second kappa shape index (κ2) is 21.0. The third-order valence-corrected chi connectivity index (χ3v) is 10.8. The minimum Gasteiger partial charge on any atom is -0.369 e. The fourth-order valence-electron chi connectivity index (χ4n) is 7.40. The Balaban J connectivity index is 1.34. The molecule has 0 unspecified atom stereocenters. The van der Waals surface area contributed by atoms with Gasteiger partial charge in [0, 0.05) is 71.2 Å². The first kappa shape index (κ1) is 43.2. The quantitative estimate of drug-likeness (QED) is 0.0451. The first-order valence-electron chi connectivity index (χ1n) is 20.0. The third kappa shape index (κ3) is 12.0. The Bertz CT molecular complexity index is 2190. The average molecular weight is 790 g/mol. The van der Waals surface area contributed by atoms with Gasteiger partial charge in [-0.1, -0.05) is 73.2 Å². The Kier molecular flexibility index (Phi) is 15.7. The lowest BCUT2D eigenvalue weighted by atomic mass is 9.89. The summed E-state index contributed by atoms with van der Waals surface area (Å²) in [4.78, 5) is 87.2. The molecular formula is C45H55N7O6. The summed E-state index contributed by atoms with van der Waals surface area (Å²) in [6, 6.07) is 22.7. The predicted molar refractivity (Wildman–Crippen MR) is 224 cm³/mol. The average Bonchev–Trinajstić information content (AvgIpc) is 3.82. The molecular weight excluding hydrogens is 735 g/mol. The van der Waals surface area contributed by atoms with E-state index in [1.54, 1.807) is 13.1 Å². The number of unbranched alkanes of at least 4 members (excludes halogenated alkanes) is 1. The van der Waals surface area contributed by atoms with Gasteiger partial charge in [-0.05, 0) is 74.4 Å². The fourth-order valence-corrected chi connectivity index (χ4v) is 7.40. The molecule has 306 valence electrons. The van der Waals surface area contributed by atoms with Crippen molar-refractivity contribution in [1.82, 2.24) is 20.6 Å². The molecule has 13 nitrogen and oxygen atoms in total. The first-order valence-corrected chi connectivity index (χ1v) is 20.0. The second-order valence-corrected chi connectivity index (χ2v) is 15.2. The predicted octanol–water partition coefficient (Wildman–Crippen LogP) is 3.97. The van der Waals surface area contributed by atoms with Crippen LogP contribution in [-0.2, 0) is 48.0 Å². The number of H-pyrrole nitrogens is 2. The molecule has 2 aromatic heterocycles. The van der Waals surface area contributed by atoms with E-state index in [9.17, 15) is 28.8 Å². The lowest BCUT2D eigenvalue weighted by molar-refractivity contribution is -0.134. The highest BCUT2D eigenvalue weighted by Gasteiger charge is 2.31. The molecule has 58 heavy (non-hydrogen) atoms. The van der Waals surface area contributed by atoms with Gasteiger partial charge < -0.3 is 37.8 Å². The Hall–Kier alpha value is -5.92. The first-order chi connectivity index (χ1) is 27.9. The zero-order valence-electron chi connectivity index (χ0n) is 33.0. The van der Waals surface area contributed by atoms with Crippen LogP contribution in [0.5, 0.6) is 0 Å². The SMILES string of the molecule is C[C@H](N)C(=O)C[C@H](Cc1c[nH]c2ccccc12)C(=O)NCC(=O)C[C@@H](Cc1c[nH]c2ccccc12)C(=O)N[C@H](Cc1ccccc1)C(=O)C[C@@H](CCCCN)C(N)=O. The number of primary amides is 1. The van der Waals surface area contributed by atoms with E-state index in [4.69, 9.17) is 17.2 Å². The highest BCUT2D eigenvalue weighted by molar-refractivity contribution is 5.96. The van der Waals surface area contributed by atoms with E-state index in [1.165, 1.54) is 0 Å². The number of ketones is 3. The molecule has 2 heterocycles. The second-order valence-electron chi connectivity index (χ2n) is 15.2. The number of hydrogen-bond donors (Lipinski definition) is 7. The highest BCUT2D eigenvalue weighted by atomic mass is 16.2. The van der Waals surface area contributed by atoms with E-state index in [-0.39, 0.29) is 56.6 Å². The highest BCUT2D eigenvalue weighted by Crippen LogP contribution is 2.25. The minimum absolute atomic E-state index is 0.108. The van der Waals surface area contributed by atoms with Crippen LogP contribution in [-0.4, -0.2) is 70.2 Å². The zero-order valence-corrected chi connectivity index (χ0v) is 33.0. The number of rotatable bonds is 24. The maximum Gasteiger partial charge on any atom is 0.224 e. The summed E-state index contributed by atoms with van der Waals surface area (Å²) in [5, 5.41) is 7.48. The molecule has 0 radical (unpaired) electrons. The molecule has 0 saturated carbocycles. The number of fused-ring (bicyclic) bond motifs is 2. The molecule has 5 rings (SSSR count). The van der Waals surface area contributed by atoms with Crippen LogP contribution in [0.1, 0.15) is 62.1 Å². The number of hydrogen-bond acceptors (Lipinski definition) is 8. The molecule has 5 aromatic rings. The number of aromatic nitrogens is 2. The van der Waals surface area contributed by atoms with Crippen molar-refractivity contribution < 1.29 is 28.8 Å². The normalized spacial score (nSPS) is 14.0. The summed E-state index contributed by atoms with van der Waals surface area (Å²) in [6.07, 6.45) is 5.39. The van der Waals surface area contributed by atoms with Crippen molar-refractivity contribution in [3.05, 3.63) is 108 Å². The maximum atomic E-state index is 14.3. The Labute approximate surface area is 338 Å². The van der Waals surface area contributed by atoms with Crippen LogP contribution in [0.15, 0.2) is 91.3 Å². The lowest BCUT2D eigenvalue weighted by Crippen LogP contribution is -2.47. The lowest BCUT2D eigenvalue weighted by Gasteiger charge is -2.24. The molecule has 0 aliphatic heterocycles. The van der Waals surface area contributed by atoms with Gasteiger partial charge in [-0.2, -0.15) is 0 Å². The minimum atomic E-state index is -1.00. The Morgan fingerprint density at radius 1 is 0.655 bits per heavy atom. The van der Waals surface area contributed by atoms with Crippen LogP contribution in [0.2, 0.25) is 0 Å². The van der Waals surface area contributed by atoms with Gasteiger partial charge in [0.1, 0.15) is 5.78 Å². The van der Waals surface area contributed by atoms with Gasteiger partial charge in [-0.3, -0.25) is 28.8 Å². The monoisotopic (exact) mass is 789 g/mol. The number of nitrogens with one attached hydrogen (secondary N) is 4. The molecule has 10 N–H and O–H groups in total. The molecule has 3 amide bonds. The summed E-state index contributed by atoms with van der Waals surface area (Å²) >= 11 is 0. The van der Waals surface area contributed by atoms with Gasteiger partial charge >= 0.3 is 0 Å². The van der Waals surface area contributed by atoms with Gasteiger partial charge in [0.25, 0.3) is 0 Å². The molecule has 0 saturated heterocycles. The van der Waals surface area contributed by atoms with E-state index in [2.05, 4.69) is 20.6 Å². The Morgan fingerprint density at radius 2 is 1.21 bits per heavy atom. The van der Waals surface area contributed by atoms with Crippen LogP contribution in [0.3, 0.4) is 0 Å². The van der Waals surface area contributed by atoms with E-state index in [0.29, 0.717) is 25.8 Å². The molecule has 5 atom stereocenters. The molecule has 3 aromatic carbocycles. The fraction of sp³-hybridized carbons (Fsp3) is 0.378. The number of carbonyl (C=O) groups excluding carboxylic acids is 6. The van der Waals surface area contributed by atoms with Crippen LogP contribution < -0.4 is 27.8 Å². The molecule has 13 heteroatoms. The number of benzene rings is 3. The van der Waals surface area contributed by atoms with Gasteiger partial charge in [-0.25, -0.2) is 0 Å². The summed E-state index contributed by atoms with van der Waals surface area (Å²) < 4.78 is 0. The maximum absolute atomic E-state index is 14.3. The summed E-state index contributed by atoms with van der Waals surface area (Å²) in [5.74, 6) is -5.05. The smallest absolute Gasteiger partial charge is 0.224 e. The van der Waals surface area contributed by atoms with Gasteiger partial charge in [0.15, 0.2) is 11.6 Å². The third-order valence-electron chi connectivity index (χ3n) is 10.8. The molecule has 0 fully saturated rings. The number of carbonyl (C=O) groups is 6. The molecule has 0 bridgehead atoms. The summed E-state index contributed by atoms with van der Waals surface area (Å²) in [5.41, 5.74) is 21.4. The number of para-hydroxylation sites is 2. The van der Waals surface area contributed by atoms with Crippen molar-refractivity contribution in [3.8, 4) is 0 Å².